The lowest BCUT2D eigenvalue weighted by atomic mass is 10.1. The van der Waals surface area contributed by atoms with Crippen LogP contribution in [0.3, 0.4) is 0 Å². The maximum atomic E-state index is 13.0. The topological polar surface area (TPSA) is 76.7 Å². The highest BCUT2D eigenvalue weighted by molar-refractivity contribution is 5.96. The fourth-order valence-corrected chi connectivity index (χ4v) is 2.82. The Morgan fingerprint density at radius 2 is 1.69 bits per heavy atom. The van der Waals surface area contributed by atoms with E-state index in [1.165, 1.54) is 32.4 Å². The Kier molecular flexibility index (Phi) is 5.06. The molecule has 2 aromatic rings. The van der Waals surface area contributed by atoms with Gasteiger partial charge in [-0.05, 0) is 48.2 Å². The molecule has 0 heterocycles. The molecular formula is C19H19FN2O4. The number of halogens is 1. The van der Waals surface area contributed by atoms with Crippen LogP contribution in [0.15, 0.2) is 42.5 Å². The minimum absolute atomic E-state index is 0.0496. The van der Waals surface area contributed by atoms with Gasteiger partial charge in [0.15, 0.2) is 11.5 Å². The Balaban J connectivity index is 1.55. The van der Waals surface area contributed by atoms with E-state index in [0.717, 1.165) is 5.56 Å². The Labute approximate surface area is 150 Å². The number of amides is 2. The van der Waals surface area contributed by atoms with E-state index in [0.29, 0.717) is 23.5 Å². The van der Waals surface area contributed by atoms with Crippen molar-refractivity contribution in [1.29, 1.82) is 0 Å². The molecule has 2 amide bonds. The number of methoxy groups -OCH3 is 2. The average molecular weight is 358 g/mol. The predicted molar refractivity (Wildman–Crippen MR) is 92.4 cm³/mol. The lowest BCUT2D eigenvalue weighted by Gasteiger charge is -2.10. The SMILES string of the molecule is COc1ccc(C(=O)NNC(=O)C2CC2c2ccc(F)cc2)cc1OC. The molecule has 0 spiro atoms. The van der Waals surface area contributed by atoms with Gasteiger partial charge in [0.25, 0.3) is 5.91 Å². The van der Waals surface area contributed by atoms with Crippen molar-refractivity contribution in [1.82, 2.24) is 10.9 Å². The molecule has 1 aliphatic rings. The molecule has 7 heteroatoms. The third-order valence-corrected chi connectivity index (χ3v) is 4.37. The van der Waals surface area contributed by atoms with Gasteiger partial charge in [-0.15, -0.1) is 0 Å². The fourth-order valence-electron chi connectivity index (χ4n) is 2.82. The molecule has 6 nitrogen and oxygen atoms in total. The van der Waals surface area contributed by atoms with Gasteiger partial charge < -0.3 is 9.47 Å². The summed E-state index contributed by atoms with van der Waals surface area (Å²) in [5, 5.41) is 0. The molecule has 1 saturated carbocycles. The summed E-state index contributed by atoms with van der Waals surface area (Å²) in [4.78, 5) is 24.4. The molecule has 2 unspecified atom stereocenters. The molecule has 136 valence electrons. The van der Waals surface area contributed by atoms with E-state index in [-0.39, 0.29) is 23.6 Å². The summed E-state index contributed by atoms with van der Waals surface area (Å²) in [5.74, 6) is -0.290. The van der Waals surface area contributed by atoms with Gasteiger partial charge in [-0.25, -0.2) is 4.39 Å². The third kappa shape index (κ3) is 3.77. The first kappa shape index (κ1) is 17.7. The molecule has 0 radical (unpaired) electrons. The first-order valence-electron chi connectivity index (χ1n) is 8.11. The van der Waals surface area contributed by atoms with Gasteiger partial charge in [-0.3, -0.25) is 20.4 Å². The molecular weight excluding hydrogens is 339 g/mol. The van der Waals surface area contributed by atoms with Gasteiger partial charge >= 0.3 is 0 Å². The minimum atomic E-state index is -0.460. The minimum Gasteiger partial charge on any atom is -0.493 e. The summed E-state index contributed by atoms with van der Waals surface area (Å²) in [6.07, 6.45) is 0.670. The summed E-state index contributed by atoms with van der Waals surface area (Å²) >= 11 is 0. The highest BCUT2D eigenvalue weighted by Crippen LogP contribution is 2.47. The van der Waals surface area contributed by atoms with Crippen LogP contribution in [0.5, 0.6) is 11.5 Å². The number of carbonyl (C=O) groups excluding carboxylic acids is 2. The van der Waals surface area contributed by atoms with Crippen LogP contribution in [-0.4, -0.2) is 26.0 Å². The highest BCUT2D eigenvalue weighted by atomic mass is 19.1. The van der Waals surface area contributed by atoms with Crippen LogP contribution < -0.4 is 20.3 Å². The summed E-state index contributed by atoms with van der Waals surface area (Å²) in [6, 6.07) is 10.8. The van der Waals surface area contributed by atoms with Crippen molar-refractivity contribution < 1.29 is 23.5 Å². The van der Waals surface area contributed by atoms with Gasteiger partial charge in [0, 0.05) is 11.5 Å². The lowest BCUT2D eigenvalue weighted by Crippen LogP contribution is -2.42. The largest absolute Gasteiger partial charge is 0.493 e. The van der Waals surface area contributed by atoms with Crippen molar-refractivity contribution in [3.8, 4) is 11.5 Å². The number of carbonyl (C=O) groups is 2. The number of benzene rings is 2. The van der Waals surface area contributed by atoms with Crippen molar-refractivity contribution in [2.45, 2.75) is 12.3 Å². The number of ether oxygens (including phenoxy) is 2. The van der Waals surface area contributed by atoms with Gasteiger partial charge in [0.05, 0.1) is 14.2 Å². The molecule has 2 atom stereocenters. The van der Waals surface area contributed by atoms with Crippen molar-refractivity contribution in [3.63, 3.8) is 0 Å². The molecule has 3 rings (SSSR count). The number of rotatable bonds is 5. The Morgan fingerprint density at radius 3 is 2.35 bits per heavy atom. The van der Waals surface area contributed by atoms with Crippen molar-refractivity contribution >= 4 is 11.8 Å². The van der Waals surface area contributed by atoms with E-state index >= 15 is 0 Å². The molecule has 2 N–H and O–H groups in total. The second-order valence-electron chi connectivity index (χ2n) is 6.01. The lowest BCUT2D eigenvalue weighted by molar-refractivity contribution is -0.123. The van der Waals surface area contributed by atoms with E-state index in [2.05, 4.69) is 10.9 Å². The Morgan fingerprint density at radius 1 is 1.00 bits per heavy atom. The van der Waals surface area contributed by atoms with Crippen LogP contribution in [0.4, 0.5) is 4.39 Å². The van der Waals surface area contributed by atoms with Gasteiger partial charge in [0.1, 0.15) is 5.82 Å². The molecule has 0 bridgehead atoms. The van der Waals surface area contributed by atoms with Crippen LogP contribution in [0.25, 0.3) is 0 Å². The zero-order valence-electron chi connectivity index (χ0n) is 14.4. The quantitative estimate of drug-likeness (QED) is 0.805. The smallest absolute Gasteiger partial charge is 0.269 e. The van der Waals surface area contributed by atoms with Crippen molar-refractivity contribution in [3.05, 3.63) is 59.4 Å². The fraction of sp³-hybridized carbons (Fsp3) is 0.263. The normalized spacial score (nSPS) is 18.0. The zero-order valence-corrected chi connectivity index (χ0v) is 14.4. The summed E-state index contributed by atoms with van der Waals surface area (Å²) in [7, 11) is 2.98. The van der Waals surface area contributed by atoms with E-state index in [1.807, 2.05) is 0 Å². The number of hydrogen-bond donors (Lipinski definition) is 2. The molecule has 1 aliphatic carbocycles. The maximum Gasteiger partial charge on any atom is 0.269 e. The number of hydrazine groups is 1. The monoisotopic (exact) mass is 358 g/mol. The van der Waals surface area contributed by atoms with Crippen LogP contribution in [0.1, 0.15) is 28.3 Å². The van der Waals surface area contributed by atoms with E-state index < -0.39 is 5.91 Å². The first-order valence-corrected chi connectivity index (χ1v) is 8.11. The molecule has 2 aromatic carbocycles. The van der Waals surface area contributed by atoms with Crippen molar-refractivity contribution in [2.75, 3.05) is 14.2 Å². The highest BCUT2D eigenvalue weighted by Gasteiger charge is 2.44. The molecule has 0 saturated heterocycles. The average Bonchev–Trinajstić information content (AvgIpc) is 3.46. The Hall–Kier alpha value is -3.09. The molecule has 0 aliphatic heterocycles. The number of nitrogens with one attached hydrogen (secondary N) is 2. The second kappa shape index (κ2) is 7.43. The molecule has 1 fully saturated rings. The second-order valence-corrected chi connectivity index (χ2v) is 6.01. The van der Waals surface area contributed by atoms with Gasteiger partial charge in [-0.2, -0.15) is 0 Å². The summed E-state index contributed by atoms with van der Waals surface area (Å²) in [5.41, 5.74) is 6.07. The molecule has 26 heavy (non-hydrogen) atoms. The van der Waals surface area contributed by atoms with Crippen LogP contribution >= 0.6 is 0 Å². The third-order valence-electron chi connectivity index (χ3n) is 4.37. The van der Waals surface area contributed by atoms with E-state index in [1.54, 1.807) is 24.3 Å². The van der Waals surface area contributed by atoms with Crippen LogP contribution in [-0.2, 0) is 4.79 Å². The zero-order chi connectivity index (χ0) is 18.7. The van der Waals surface area contributed by atoms with Gasteiger partial charge in [0.2, 0.25) is 5.91 Å². The first-order chi connectivity index (χ1) is 12.5. The summed E-state index contributed by atoms with van der Waals surface area (Å²) < 4.78 is 23.2. The number of hydrogen-bond acceptors (Lipinski definition) is 4. The van der Waals surface area contributed by atoms with E-state index in [4.69, 9.17) is 9.47 Å². The molecule has 0 aromatic heterocycles. The van der Waals surface area contributed by atoms with Gasteiger partial charge in [-0.1, -0.05) is 12.1 Å². The summed E-state index contributed by atoms with van der Waals surface area (Å²) in [6.45, 7) is 0. The van der Waals surface area contributed by atoms with E-state index in [9.17, 15) is 14.0 Å². The maximum absolute atomic E-state index is 13.0. The van der Waals surface area contributed by atoms with Crippen molar-refractivity contribution in [2.24, 2.45) is 5.92 Å². The van der Waals surface area contributed by atoms with Crippen LogP contribution in [0.2, 0.25) is 0 Å². The predicted octanol–water partition coefficient (Wildman–Crippen LogP) is 2.41. The Bertz CT molecular complexity index is 823. The van der Waals surface area contributed by atoms with Crippen LogP contribution in [0, 0.1) is 11.7 Å². The standard InChI is InChI=1S/C19H19FN2O4/c1-25-16-8-5-12(9-17(16)26-2)18(23)21-22-19(24)15-10-14(15)11-3-6-13(20)7-4-11/h3-9,14-15H,10H2,1-2H3,(H,21,23)(H,22,24).